The predicted octanol–water partition coefficient (Wildman–Crippen LogP) is 3.98. The summed E-state index contributed by atoms with van der Waals surface area (Å²) in [5, 5.41) is 2.72. The quantitative estimate of drug-likeness (QED) is 0.785. The number of carbonyl (C=O) groups excluding carboxylic acids is 1. The smallest absolute Gasteiger partial charge is 0.265 e. The molecule has 21 heavy (non-hydrogen) atoms. The highest BCUT2D eigenvalue weighted by molar-refractivity contribution is 14.1. The zero-order chi connectivity index (χ0) is 15.4. The molecule has 0 heterocycles. The number of hydrogen-bond donors (Lipinski definition) is 1. The molecule has 3 nitrogen and oxygen atoms in total. The van der Waals surface area contributed by atoms with Crippen LogP contribution < -0.4 is 10.1 Å². The summed E-state index contributed by atoms with van der Waals surface area (Å²) in [4.78, 5) is 12.0. The minimum Gasteiger partial charge on any atom is -0.481 e. The maximum absolute atomic E-state index is 13.1. The summed E-state index contributed by atoms with van der Waals surface area (Å²) >= 11 is 2.10. The van der Waals surface area contributed by atoms with Gasteiger partial charge in [0, 0.05) is 9.64 Å². The Hall–Kier alpha value is -1.70. The van der Waals surface area contributed by atoms with Crippen molar-refractivity contribution in [3.05, 3.63) is 57.7 Å². The first-order chi connectivity index (χ1) is 9.97. The van der Waals surface area contributed by atoms with Gasteiger partial charge in [-0.2, -0.15) is 0 Å². The van der Waals surface area contributed by atoms with Crippen molar-refractivity contribution in [2.75, 3.05) is 5.32 Å². The fraction of sp³-hybridized carbons (Fsp3) is 0.133. The number of nitrogens with one attached hydrogen (secondary N) is 1. The SMILES string of the molecule is CC(Oc1ccc(F)c(F)c1)C(=O)Nc1ccccc1I. The number of rotatable bonds is 4. The molecule has 110 valence electrons. The van der Waals surface area contributed by atoms with Crippen molar-refractivity contribution in [2.45, 2.75) is 13.0 Å². The lowest BCUT2D eigenvalue weighted by molar-refractivity contribution is -0.122. The average molecular weight is 403 g/mol. The van der Waals surface area contributed by atoms with Crippen molar-refractivity contribution < 1.29 is 18.3 Å². The average Bonchev–Trinajstić information content (AvgIpc) is 2.45. The molecule has 1 atom stereocenters. The summed E-state index contributed by atoms with van der Waals surface area (Å²) in [6, 6.07) is 10.4. The van der Waals surface area contributed by atoms with E-state index in [9.17, 15) is 13.6 Å². The van der Waals surface area contributed by atoms with Gasteiger partial charge < -0.3 is 10.1 Å². The third-order valence-corrected chi connectivity index (χ3v) is 3.65. The van der Waals surface area contributed by atoms with Crippen molar-refractivity contribution in [1.29, 1.82) is 0 Å². The van der Waals surface area contributed by atoms with Gasteiger partial charge in [-0.15, -0.1) is 0 Å². The van der Waals surface area contributed by atoms with Gasteiger partial charge in [-0.25, -0.2) is 8.78 Å². The Bertz CT molecular complexity index is 664. The number of halogens is 3. The van der Waals surface area contributed by atoms with Crippen LogP contribution >= 0.6 is 22.6 Å². The zero-order valence-electron chi connectivity index (χ0n) is 11.1. The minimum atomic E-state index is -1.02. The van der Waals surface area contributed by atoms with Crippen LogP contribution in [0.3, 0.4) is 0 Å². The molecule has 1 amide bonds. The number of amides is 1. The van der Waals surface area contributed by atoms with E-state index in [-0.39, 0.29) is 11.7 Å². The number of carbonyl (C=O) groups is 1. The molecule has 0 aliphatic heterocycles. The van der Waals surface area contributed by atoms with E-state index in [4.69, 9.17) is 4.74 Å². The van der Waals surface area contributed by atoms with Crippen molar-refractivity contribution in [3.63, 3.8) is 0 Å². The predicted molar refractivity (Wildman–Crippen MR) is 84.2 cm³/mol. The Morgan fingerprint density at radius 2 is 1.90 bits per heavy atom. The number of benzene rings is 2. The molecule has 0 radical (unpaired) electrons. The number of hydrogen-bond acceptors (Lipinski definition) is 2. The van der Waals surface area contributed by atoms with Gasteiger partial charge in [-0.1, -0.05) is 12.1 Å². The molecule has 0 aliphatic carbocycles. The summed E-state index contributed by atoms with van der Waals surface area (Å²) in [7, 11) is 0. The van der Waals surface area contributed by atoms with Crippen LogP contribution in [0, 0.1) is 15.2 Å². The molecule has 0 saturated carbocycles. The van der Waals surface area contributed by atoms with Gasteiger partial charge in [-0.3, -0.25) is 4.79 Å². The lowest BCUT2D eigenvalue weighted by Crippen LogP contribution is -2.30. The van der Waals surface area contributed by atoms with E-state index in [1.807, 2.05) is 12.1 Å². The molecule has 0 aliphatic rings. The number of ether oxygens (including phenoxy) is 1. The topological polar surface area (TPSA) is 38.3 Å². The van der Waals surface area contributed by atoms with Crippen LogP contribution in [0.1, 0.15) is 6.92 Å². The summed E-state index contributed by atoms with van der Waals surface area (Å²) in [5.41, 5.74) is 0.670. The molecule has 2 aromatic rings. The van der Waals surface area contributed by atoms with Crippen LogP contribution in [-0.4, -0.2) is 12.0 Å². The Morgan fingerprint density at radius 3 is 2.57 bits per heavy atom. The van der Waals surface area contributed by atoms with E-state index < -0.39 is 17.7 Å². The summed E-state index contributed by atoms with van der Waals surface area (Å²) in [6.45, 7) is 1.53. The van der Waals surface area contributed by atoms with Crippen molar-refractivity contribution >= 4 is 34.2 Å². The minimum absolute atomic E-state index is 0.0966. The van der Waals surface area contributed by atoms with Gasteiger partial charge in [-0.05, 0) is 53.8 Å². The first kappa shape index (κ1) is 15.7. The molecule has 2 rings (SSSR count). The molecule has 1 unspecified atom stereocenters. The van der Waals surface area contributed by atoms with Gasteiger partial charge >= 0.3 is 0 Å². The van der Waals surface area contributed by atoms with Crippen molar-refractivity contribution in [1.82, 2.24) is 0 Å². The maximum Gasteiger partial charge on any atom is 0.265 e. The van der Waals surface area contributed by atoms with E-state index in [2.05, 4.69) is 27.9 Å². The Labute approximate surface area is 134 Å². The Kier molecular flexibility index (Phi) is 5.11. The third kappa shape index (κ3) is 4.13. The molecule has 0 spiro atoms. The standard InChI is InChI=1S/C15H12F2INO2/c1-9(21-10-6-7-11(16)12(17)8-10)15(20)19-14-5-3-2-4-13(14)18/h2-9H,1H3,(H,19,20). The number of anilines is 1. The lowest BCUT2D eigenvalue weighted by Gasteiger charge is -2.15. The van der Waals surface area contributed by atoms with Gasteiger partial charge in [0.1, 0.15) is 5.75 Å². The van der Waals surface area contributed by atoms with E-state index in [0.29, 0.717) is 5.69 Å². The van der Waals surface area contributed by atoms with E-state index >= 15 is 0 Å². The lowest BCUT2D eigenvalue weighted by atomic mass is 10.3. The first-order valence-electron chi connectivity index (χ1n) is 6.14. The summed E-state index contributed by atoms with van der Waals surface area (Å²) in [6.07, 6.45) is -0.842. The summed E-state index contributed by atoms with van der Waals surface area (Å²) in [5.74, 6) is -2.25. The van der Waals surface area contributed by atoms with Gasteiger partial charge in [0.15, 0.2) is 17.7 Å². The maximum atomic E-state index is 13.1. The van der Waals surface area contributed by atoms with Crippen molar-refractivity contribution in [3.8, 4) is 5.75 Å². The first-order valence-corrected chi connectivity index (χ1v) is 7.22. The van der Waals surface area contributed by atoms with Crippen LogP contribution in [0.25, 0.3) is 0 Å². The fourth-order valence-electron chi connectivity index (χ4n) is 1.60. The second kappa shape index (κ2) is 6.84. The molecule has 0 aromatic heterocycles. The highest BCUT2D eigenvalue weighted by Crippen LogP contribution is 2.19. The molecule has 0 fully saturated rings. The zero-order valence-corrected chi connectivity index (χ0v) is 13.2. The largest absolute Gasteiger partial charge is 0.481 e. The summed E-state index contributed by atoms with van der Waals surface area (Å²) < 4.78 is 32.1. The van der Waals surface area contributed by atoms with Crippen LogP contribution in [-0.2, 0) is 4.79 Å². The molecular weight excluding hydrogens is 391 g/mol. The Balaban J connectivity index is 2.02. The van der Waals surface area contributed by atoms with Crippen LogP contribution in [0.4, 0.5) is 14.5 Å². The highest BCUT2D eigenvalue weighted by Gasteiger charge is 2.16. The van der Waals surface area contributed by atoms with Crippen LogP contribution in [0.2, 0.25) is 0 Å². The van der Waals surface area contributed by atoms with Gasteiger partial charge in [0.25, 0.3) is 5.91 Å². The highest BCUT2D eigenvalue weighted by atomic mass is 127. The fourth-order valence-corrected chi connectivity index (χ4v) is 2.13. The van der Waals surface area contributed by atoms with Crippen LogP contribution in [0.15, 0.2) is 42.5 Å². The van der Waals surface area contributed by atoms with E-state index in [0.717, 1.165) is 15.7 Å². The van der Waals surface area contributed by atoms with Crippen LogP contribution in [0.5, 0.6) is 5.75 Å². The monoisotopic (exact) mass is 403 g/mol. The normalized spacial score (nSPS) is 11.8. The van der Waals surface area contributed by atoms with E-state index in [1.165, 1.54) is 13.0 Å². The molecule has 2 aromatic carbocycles. The third-order valence-electron chi connectivity index (χ3n) is 2.70. The second-order valence-electron chi connectivity index (χ2n) is 4.31. The molecule has 6 heteroatoms. The molecular formula is C15H12F2INO2. The number of para-hydroxylation sites is 1. The molecule has 1 N–H and O–H groups in total. The van der Waals surface area contributed by atoms with E-state index in [1.54, 1.807) is 12.1 Å². The molecule has 0 saturated heterocycles. The van der Waals surface area contributed by atoms with Crippen molar-refractivity contribution in [2.24, 2.45) is 0 Å². The second-order valence-corrected chi connectivity index (χ2v) is 5.47. The molecule has 0 bridgehead atoms. The van der Waals surface area contributed by atoms with Gasteiger partial charge in [0.2, 0.25) is 0 Å². The Morgan fingerprint density at radius 1 is 1.19 bits per heavy atom. The van der Waals surface area contributed by atoms with Gasteiger partial charge in [0.05, 0.1) is 5.69 Å².